The summed E-state index contributed by atoms with van der Waals surface area (Å²) in [4.78, 5) is 17.8. The van der Waals surface area contributed by atoms with Crippen LogP contribution >= 0.6 is 11.3 Å². The van der Waals surface area contributed by atoms with Crippen molar-refractivity contribution in [1.82, 2.24) is 8.87 Å². The number of amides is 1. The Balaban J connectivity index is 1.41. The Labute approximate surface area is 213 Å². The van der Waals surface area contributed by atoms with Crippen molar-refractivity contribution in [3.05, 3.63) is 82.7 Å². The van der Waals surface area contributed by atoms with Crippen molar-refractivity contribution in [3.63, 3.8) is 0 Å². The number of benzene rings is 3. The van der Waals surface area contributed by atoms with E-state index in [1.165, 1.54) is 39.9 Å². The van der Waals surface area contributed by atoms with E-state index in [9.17, 15) is 13.2 Å². The number of hydrogen-bond donors (Lipinski definition) is 0. The third-order valence-corrected chi connectivity index (χ3v) is 9.10. The van der Waals surface area contributed by atoms with Crippen molar-refractivity contribution in [2.45, 2.75) is 31.3 Å². The van der Waals surface area contributed by atoms with Crippen LogP contribution in [-0.2, 0) is 23.6 Å². The van der Waals surface area contributed by atoms with Gasteiger partial charge in [-0.25, -0.2) is 8.42 Å². The van der Waals surface area contributed by atoms with Crippen molar-refractivity contribution in [2.24, 2.45) is 12.0 Å². The van der Waals surface area contributed by atoms with Crippen LogP contribution in [0.15, 0.2) is 76.6 Å². The van der Waals surface area contributed by atoms with Crippen LogP contribution in [0.3, 0.4) is 0 Å². The van der Waals surface area contributed by atoms with Gasteiger partial charge in [0.1, 0.15) is 0 Å². The first-order chi connectivity index (χ1) is 17.2. The van der Waals surface area contributed by atoms with Crippen molar-refractivity contribution in [1.29, 1.82) is 0 Å². The Morgan fingerprint density at radius 2 is 1.72 bits per heavy atom. The monoisotopic (exact) mass is 523 g/mol. The molecule has 1 aliphatic rings. The molecule has 4 aromatic rings. The summed E-state index contributed by atoms with van der Waals surface area (Å²) in [6.07, 6.45) is 0. The third kappa shape index (κ3) is 4.55. The Morgan fingerprint density at radius 1 is 1.06 bits per heavy atom. The summed E-state index contributed by atoms with van der Waals surface area (Å²) in [6, 6.07) is 18.9. The molecule has 1 amide bonds. The highest BCUT2D eigenvalue weighted by Crippen LogP contribution is 2.36. The van der Waals surface area contributed by atoms with E-state index in [4.69, 9.17) is 9.47 Å². The molecule has 0 saturated carbocycles. The van der Waals surface area contributed by atoms with Gasteiger partial charge >= 0.3 is 0 Å². The number of carbonyl (C=O) groups excluding carboxylic acids is 1. The molecule has 10 heteroatoms. The van der Waals surface area contributed by atoms with Crippen LogP contribution in [0.2, 0.25) is 0 Å². The van der Waals surface area contributed by atoms with Crippen LogP contribution in [0.5, 0.6) is 11.5 Å². The van der Waals surface area contributed by atoms with Crippen molar-refractivity contribution < 1.29 is 22.7 Å². The maximum atomic E-state index is 13.4. The summed E-state index contributed by atoms with van der Waals surface area (Å²) < 4.78 is 41.8. The van der Waals surface area contributed by atoms with Crippen LogP contribution in [-0.4, -0.2) is 36.0 Å². The van der Waals surface area contributed by atoms with Crippen LogP contribution in [0.1, 0.15) is 29.8 Å². The minimum Gasteiger partial charge on any atom is -0.454 e. The molecular weight excluding hydrogens is 498 g/mol. The fourth-order valence-electron chi connectivity index (χ4n) is 3.99. The maximum Gasteiger partial charge on any atom is 0.279 e. The number of carbonyl (C=O) groups is 1. The number of fused-ring (bicyclic) bond motifs is 2. The molecule has 2 heterocycles. The third-order valence-electron chi connectivity index (χ3n) is 5.97. The Bertz CT molecular complexity index is 1610. The highest BCUT2D eigenvalue weighted by Gasteiger charge is 2.27. The highest BCUT2D eigenvalue weighted by atomic mass is 32.2. The quantitative estimate of drug-likeness (QED) is 0.376. The van der Waals surface area contributed by atoms with Crippen LogP contribution < -0.4 is 14.3 Å². The summed E-state index contributed by atoms with van der Waals surface area (Å²) in [5.74, 6) is 0.876. The van der Waals surface area contributed by atoms with Gasteiger partial charge in [0.05, 0.1) is 15.1 Å². The molecule has 3 aromatic carbocycles. The molecule has 1 aliphatic heterocycles. The van der Waals surface area contributed by atoms with Crippen LogP contribution in [0, 0.1) is 0 Å². The lowest BCUT2D eigenvalue weighted by molar-refractivity contribution is 0.0998. The molecule has 36 heavy (non-hydrogen) atoms. The fourth-order valence-corrected chi connectivity index (χ4v) is 6.64. The van der Waals surface area contributed by atoms with E-state index >= 15 is 0 Å². The molecule has 0 bridgehead atoms. The number of ether oxygens (including phenoxy) is 2. The lowest BCUT2D eigenvalue weighted by atomic mass is 10.2. The van der Waals surface area contributed by atoms with Crippen LogP contribution in [0.4, 0.5) is 0 Å². The van der Waals surface area contributed by atoms with E-state index < -0.39 is 15.9 Å². The first kappa shape index (κ1) is 24.2. The normalized spacial score (nSPS) is 13.8. The second-order valence-corrected chi connectivity index (χ2v) is 11.6. The molecule has 5 rings (SSSR count). The van der Waals surface area contributed by atoms with Gasteiger partial charge in [-0.05, 0) is 43.7 Å². The van der Waals surface area contributed by atoms with Gasteiger partial charge in [-0.3, -0.25) is 4.79 Å². The van der Waals surface area contributed by atoms with Gasteiger partial charge in [-0.15, -0.1) is 0 Å². The Hall–Kier alpha value is -3.47. The smallest absolute Gasteiger partial charge is 0.279 e. The van der Waals surface area contributed by atoms with Gasteiger partial charge in [0, 0.05) is 37.3 Å². The van der Waals surface area contributed by atoms with Gasteiger partial charge in [0.15, 0.2) is 16.3 Å². The highest BCUT2D eigenvalue weighted by molar-refractivity contribution is 7.89. The summed E-state index contributed by atoms with van der Waals surface area (Å²) in [5, 5.41) is 0. The van der Waals surface area contributed by atoms with E-state index in [-0.39, 0.29) is 24.3 Å². The topological polar surface area (TPSA) is 90.2 Å². The molecule has 0 aliphatic carbocycles. The van der Waals surface area contributed by atoms with E-state index in [1.54, 1.807) is 0 Å². The van der Waals surface area contributed by atoms with E-state index in [0.717, 1.165) is 15.8 Å². The SMILES string of the molecule is CC(C)N(Cc1ccccc1)S(=O)(=O)c1ccc(C(=O)N=c2sc3cc4c(cc3n2C)OCO4)cc1. The molecule has 1 aromatic heterocycles. The summed E-state index contributed by atoms with van der Waals surface area (Å²) in [5.41, 5.74) is 2.09. The molecular formula is C26H25N3O5S2. The number of nitrogens with zero attached hydrogens (tertiary/aromatic N) is 3. The Morgan fingerprint density at radius 3 is 2.39 bits per heavy atom. The van der Waals surface area contributed by atoms with Crippen molar-refractivity contribution in [3.8, 4) is 11.5 Å². The number of sulfonamides is 1. The first-order valence-corrected chi connectivity index (χ1v) is 13.6. The second-order valence-electron chi connectivity index (χ2n) is 8.69. The Kier molecular flexibility index (Phi) is 6.42. The van der Waals surface area contributed by atoms with Gasteiger partial charge in [0.25, 0.3) is 5.91 Å². The average molecular weight is 524 g/mol. The predicted octanol–water partition coefficient (Wildman–Crippen LogP) is 4.31. The van der Waals surface area contributed by atoms with Gasteiger partial charge in [-0.1, -0.05) is 41.7 Å². The molecule has 8 nitrogen and oxygen atoms in total. The number of aromatic nitrogens is 1. The summed E-state index contributed by atoms with van der Waals surface area (Å²) >= 11 is 1.37. The van der Waals surface area contributed by atoms with E-state index in [0.29, 0.717) is 21.9 Å². The zero-order chi connectivity index (χ0) is 25.4. The summed E-state index contributed by atoms with van der Waals surface area (Å²) in [6.45, 7) is 4.14. The standard InChI is InChI=1S/C26H25N3O5S2/c1-17(2)29(15-18-7-5-4-6-8-18)36(31,32)20-11-9-19(10-12-20)25(30)27-26-28(3)21-13-22-23(34-16-33-22)14-24(21)35-26/h4-14,17H,15-16H2,1-3H3. The van der Waals surface area contributed by atoms with Crippen molar-refractivity contribution >= 4 is 37.5 Å². The van der Waals surface area contributed by atoms with Gasteiger partial charge in [0.2, 0.25) is 16.8 Å². The lowest BCUT2D eigenvalue weighted by Crippen LogP contribution is -2.36. The number of thiazole rings is 1. The second kappa shape index (κ2) is 9.53. The number of hydrogen-bond acceptors (Lipinski definition) is 6. The molecule has 0 unspecified atom stereocenters. The molecule has 186 valence electrons. The molecule has 0 fully saturated rings. The molecule has 0 spiro atoms. The molecule has 0 atom stereocenters. The minimum absolute atomic E-state index is 0.130. The average Bonchev–Trinajstić information content (AvgIpc) is 3.45. The lowest BCUT2D eigenvalue weighted by Gasteiger charge is -2.26. The molecule has 0 N–H and O–H groups in total. The largest absolute Gasteiger partial charge is 0.454 e. The number of rotatable bonds is 6. The van der Waals surface area contributed by atoms with E-state index in [1.807, 2.05) is 67.9 Å². The zero-order valence-corrected chi connectivity index (χ0v) is 21.7. The fraction of sp³-hybridized carbons (Fsp3) is 0.231. The number of aryl methyl sites for hydroxylation is 1. The zero-order valence-electron chi connectivity index (χ0n) is 20.0. The summed E-state index contributed by atoms with van der Waals surface area (Å²) in [7, 11) is -1.93. The van der Waals surface area contributed by atoms with Crippen molar-refractivity contribution in [2.75, 3.05) is 6.79 Å². The van der Waals surface area contributed by atoms with Gasteiger partial charge in [-0.2, -0.15) is 9.30 Å². The van der Waals surface area contributed by atoms with E-state index in [2.05, 4.69) is 4.99 Å². The maximum absolute atomic E-state index is 13.4. The molecule has 0 radical (unpaired) electrons. The first-order valence-electron chi connectivity index (χ1n) is 11.4. The predicted molar refractivity (Wildman–Crippen MR) is 138 cm³/mol. The van der Waals surface area contributed by atoms with Gasteiger partial charge < -0.3 is 14.0 Å². The molecule has 0 saturated heterocycles. The minimum atomic E-state index is -3.76. The van der Waals surface area contributed by atoms with Crippen LogP contribution in [0.25, 0.3) is 10.2 Å².